The molecule has 0 aromatic heterocycles. The van der Waals surface area contributed by atoms with Gasteiger partial charge in [-0.05, 0) is 33.8 Å². The minimum atomic E-state index is -2.98. The molecule has 1 aromatic carbocycles. The highest BCUT2D eigenvalue weighted by molar-refractivity contribution is 14.0. The summed E-state index contributed by atoms with van der Waals surface area (Å²) in [5, 5.41) is 5.74. The predicted molar refractivity (Wildman–Crippen MR) is 114 cm³/mol. The first-order chi connectivity index (χ1) is 12.7. The zero-order chi connectivity index (χ0) is 20.4. The van der Waals surface area contributed by atoms with Crippen molar-refractivity contribution in [3.8, 4) is 11.5 Å². The number of halogens is 3. The Balaban J connectivity index is 0.00000729. The summed E-state index contributed by atoms with van der Waals surface area (Å²) in [5.74, 6) is 0.0643. The van der Waals surface area contributed by atoms with Crippen LogP contribution >= 0.6 is 24.0 Å². The van der Waals surface area contributed by atoms with Gasteiger partial charge in [0, 0.05) is 19.2 Å². The van der Waals surface area contributed by atoms with Crippen LogP contribution in [0, 0.1) is 0 Å². The quantitative estimate of drug-likeness (QED) is 0.240. The first kappa shape index (κ1) is 26.1. The lowest BCUT2D eigenvalue weighted by Crippen LogP contribution is -2.41. The van der Waals surface area contributed by atoms with Crippen molar-refractivity contribution >= 4 is 35.9 Å². The molecule has 0 spiro atoms. The summed E-state index contributed by atoms with van der Waals surface area (Å²) in [6.07, 6.45) is 0. The Morgan fingerprint density at radius 2 is 1.93 bits per heavy atom. The normalized spacial score (nSPS) is 11.5. The average Bonchev–Trinajstić information content (AvgIpc) is 2.55. The number of carbonyl (C=O) groups is 1. The molecule has 0 radical (unpaired) electrons. The lowest BCUT2D eigenvalue weighted by atomic mass is 10.2. The topological polar surface area (TPSA) is 81.2 Å². The Labute approximate surface area is 181 Å². The van der Waals surface area contributed by atoms with Gasteiger partial charge < -0.3 is 24.8 Å². The number of aliphatic imine (C=N–C) groups is 1. The molecule has 160 valence electrons. The molecular formula is C18H28F2IN3O4. The summed E-state index contributed by atoms with van der Waals surface area (Å²) < 4.78 is 40.6. The number of nitrogens with zero attached hydrogens (tertiary/aromatic N) is 1. The maximum atomic E-state index is 12.7. The standard InChI is InChI=1S/C18H27F2N3O4.HI/c1-6-25-13-9-7-8-12(15(13)26-16(19)20)10-22-17(21-5)23-11-14(24)27-18(2,3)4;/h7-9,16H,6,10-11H2,1-5H3,(H2,21,22,23);1H. The molecule has 0 aliphatic carbocycles. The van der Waals surface area contributed by atoms with Crippen LogP contribution in [0.2, 0.25) is 0 Å². The molecule has 7 nitrogen and oxygen atoms in total. The van der Waals surface area contributed by atoms with Crippen LogP contribution in [0.4, 0.5) is 8.78 Å². The molecule has 0 amide bonds. The fourth-order valence-electron chi connectivity index (χ4n) is 2.13. The Morgan fingerprint density at radius 1 is 1.25 bits per heavy atom. The lowest BCUT2D eigenvalue weighted by Gasteiger charge is -2.20. The number of benzene rings is 1. The van der Waals surface area contributed by atoms with Crippen LogP contribution in [-0.2, 0) is 16.1 Å². The SMILES string of the molecule is CCOc1cccc(CNC(=NC)NCC(=O)OC(C)(C)C)c1OC(F)F.I. The molecule has 10 heteroatoms. The van der Waals surface area contributed by atoms with E-state index in [1.807, 2.05) is 0 Å². The molecule has 1 rings (SSSR count). The van der Waals surface area contributed by atoms with Gasteiger partial charge in [-0.2, -0.15) is 8.78 Å². The molecule has 2 N–H and O–H groups in total. The number of alkyl halides is 2. The van der Waals surface area contributed by atoms with Gasteiger partial charge in [-0.25, -0.2) is 0 Å². The summed E-state index contributed by atoms with van der Waals surface area (Å²) in [6.45, 7) is 4.45. The first-order valence-corrected chi connectivity index (χ1v) is 8.52. The largest absolute Gasteiger partial charge is 0.490 e. The molecule has 0 saturated carbocycles. The van der Waals surface area contributed by atoms with Crippen LogP contribution in [0.5, 0.6) is 11.5 Å². The summed E-state index contributed by atoms with van der Waals surface area (Å²) >= 11 is 0. The highest BCUT2D eigenvalue weighted by Gasteiger charge is 2.18. The van der Waals surface area contributed by atoms with E-state index < -0.39 is 18.2 Å². The molecule has 0 unspecified atom stereocenters. The van der Waals surface area contributed by atoms with Crippen molar-refractivity contribution in [1.82, 2.24) is 10.6 Å². The third-order valence-electron chi connectivity index (χ3n) is 3.06. The fraction of sp³-hybridized carbons (Fsp3) is 0.556. The molecule has 0 saturated heterocycles. The van der Waals surface area contributed by atoms with Crippen molar-refractivity contribution < 1.29 is 27.8 Å². The van der Waals surface area contributed by atoms with Gasteiger partial charge in [0.05, 0.1) is 6.61 Å². The summed E-state index contributed by atoms with van der Waals surface area (Å²) in [7, 11) is 1.53. The highest BCUT2D eigenvalue weighted by Crippen LogP contribution is 2.32. The summed E-state index contributed by atoms with van der Waals surface area (Å²) in [4.78, 5) is 15.7. The van der Waals surface area contributed by atoms with Gasteiger partial charge in [-0.1, -0.05) is 12.1 Å². The van der Waals surface area contributed by atoms with Crippen molar-refractivity contribution in [3.63, 3.8) is 0 Å². The zero-order valence-corrected chi connectivity index (χ0v) is 19.0. The second-order valence-electron chi connectivity index (χ2n) is 6.42. The number of hydrogen-bond acceptors (Lipinski definition) is 5. The third-order valence-corrected chi connectivity index (χ3v) is 3.06. The number of guanidine groups is 1. The second-order valence-corrected chi connectivity index (χ2v) is 6.42. The third kappa shape index (κ3) is 9.90. The van der Waals surface area contributed by atoms with Crippen molar-refractivity contribution in [2.24, 2.45) is 4.99 Å². The van der Waals surface area contributed by atoms with Crippen LogP contribution in [0.3, 0.4) is 0 Å². The minimum absolute atomic E-state index is 0. The van der Waals surface area contributed by atoms with Crippen LogP contribution in [-0.4, -0.2) is 44.3 Å². The van der Waals surface area contributed by atoms with Crippen molar-refractivity contribution in [1.29, 1.82) is 0 Å². The van der Waals surface area contributed by atoms with E-state index in [1.54, 1.807) is 45.9 Å². The van der Waals surface area contributed by atoms with Gasteiger partial charge in [0.2, 0.25) is 0 Å². The molecule has 0 bridgehead atoms. The van der Waals surface area contributed by atoms with E-state index in [0.717, 1.165) is 0 Å². The summed E-state index contributed by atoms with van der Waals surface area (Å²) in [6, 6.07) is 4.87. The fourth-order valence-corrected chi connectivity index (χ4v) is 2.13. The van der Waals surface area contributed by atoms with Crippen molar-refractivity contribution in [2.75, 3.05) is 20.2 Å². The Morgan fingerprint density at radius 3 is 2.46 bits per heavy atom. The smallest absolute Gasteiger partial charge is 0.387 e. The van der Waals surface area contributed by atoms with E-state index in [9.17, 15) is 13.6 Å². The molecule has 28 heavy (non-hydrogen) atoms. The number of para-hydroxylation sites is 1. The van der Waals surface area contributed by atoms with Gasteiger partial charge in [0.15, 0.2) is 17.5 Å². The number of esters is 1. The van der Waals surface area contributed by atoms with Gasteiger partial charge in [0.1, 0.15) is 12.1 Å². The van der Waals surface area contributed by atoms with E-state index in [-0.39, 0.29) is 48.6 Å². The monoisotopic (exact) mass is 515 g/mol. The van der Waals surface area contributed by atoms with Crippen molar-refractivity contribution in [2.45, 2.75) is 46.5 Å². The van der Waals surface area contributed by atoms with E-state index in [1.165, 1.54) is 7.05 Å². The van der Waals surface area contributed by atoms with Crippen LogP contribution in [0.25, 0.3) is 0 Å². The Kier molecular flexibility index (Phi) is 11.7. The van der Waals surface area contributed by atoms with E-state index >= 15 is 0 Å². The Bertz CT molecular complexity index is 652. The van der Waals surface area contributed by atoms with E-state index in [4.69, 9.17) is 9.47 Å². The lowest BCUT2D eigenvalue weighted by molar-refractivity contribution is -0.153. The number of nitrogens with one attached hydrogen (secondary N) is 2. The average molecular weight is 515 g/mol. The van der Waals surface area contributed by atoms with Gasteiger partial charge in [0.25, 0.3) is 0 Å². The molecule has 0 fully saturated rings. The molecule has 0 aliphatic heterocycles. The second kappa shape index (κ2) is 12.6. The van der Waals surface area contributed by atoms with Gasteiger partial charge in [-0.15, -0.1) is 24.0 Å². The maximum absolute atomic E-state index is 12.7. The first-order valence-electron chi connectivity index (χ1n) is 8.52. The van der Waals surface area contributed by atoms with Crippen LogP contribution < -0.4 is 20.1 Å². The highest BCUT2D eigenvalue weighted by atomic mass is 127. The molecule has 0 atom stereocenters. The van der Waals surface area contributed by atoms with E-state index in [0.29, 0.717) is 18.1 Å². The number of carbonyl (C=O) groups excluding carboxylic acids is 1. The van der Waals surface area contributed by atoms with Crippen molar-refractivity contribution in [3.05, 3.63) is 23.8 Å². The van der Waals surface area contributed by atoms with Crippen LogP contribution in [0.15, 0.2) is 23.2 Å². The van der Waals surface area contributed by atoms with Crippen LogP contribution in [0.1, 0.15) is 33.3 Å². The number of rotatable bonds is 8. The Hall–Kier alpha value is -1.85. The van der Waals surface area contributed by atoms with Gasteiger partial charge >= 0.3 is 12.6 Å². The molecular weight excluding hydrogens is 487 g/mol. The molecule has 1 aromatic rings. The predicted octanol–water partition coefficient (Wildman–Crippen LogP) is 3.31. The number of ether oxygens (including phenoxy) is 3. The maximum Gasteiger partial charge on any atom is 0.387 e. The molecule has 0 heterocycles. The van der Waals surface area contributed by atoms with E-state index in [2.05, 4.69) is 20.4 Å². The zero-order valence-electron chi connectivity index (χ0n) is 16.7. The molecule has 0 aliphatic rings. The number of hydrogen-bond donors (Lipinski definition) is 2. The summed E-state index contributed by atoms with van der Waals surface area (Å²) in [5.41, 5.74) is -0.127. The minimum Gasteiger partial charge on any atom is -0.490 e. The van der Waals surface area contributed by atoms with Gasteiger partial charge in [-0.3, -0.25) is 9.79 Å².